The van der Waals surface area contributed by atoms with Gasteiger partial charge in [-0.3, -0.25) is 4.79 Å². The molecule has 4 aliphatic rings. The van der Waals surface area contributed by atoms with Crippen LogP contribution in [0.4, 0.5) is 0 Å². The number of nitriles is 1. The van der Waals surface area contributed by atoms with Gasteiger partial charge in [0.2, 0.25) is 0 Å². The quantitative estimate of drug-likeness (QED) is 0.333. The average molecular weight is 454 g/mol. The van der Waals surface area contributed by atoms with Gasteiger partial charge in [-0.05, 0) is 104 Å². The second-order valence-electron chi connectivity index (χ2n) is 11.1. The lowest BCUT2D eigenvalue weighted by atomic mass is 9.46. The number of thioether (sulfide) groups is 2. The van der Waals surface area contributed by atoms with Gasteiger partial charge in [-0.25, -0.2) is 0 Å². The molecular formula is C23H35NO2S3. The molecule has 4 bridgehead atoms. The topological polar surface area (TPSA) is 50.1 Å². The average Bonchev–Trinajstić information content (AvgIpc) is 2.59. The van der Waals surface area contributed by atoms with Crippen molar-refractivity contribution in [1.82, 2.24) is 0 Å². The lowest BCUT2D eigenvalue weighted by molar-refractivity contribution is -0.200. The third-order valence-electron chi connectivity index (χ3n) is 7.65. The summed E-state index contributed by atoms with van der Waals surface area (Å²) in [4.78, 5) is 13.6. The smallest absolute Gasteiger partial charge is 0.322 e. The highest BCUT2D eigenvalue weighted by Crippen LogP contribution is 2.64. The molecule has 0 radical (unpaired) electrons. The van der Waals surface area contributed by atoms with Gasteiger partial charge in [0.05, 0.1) is 11.5 Å². The number of ether oxygens (including phenoxy) is 1. The van der Waals surface area contributed by atoms with Crippen molar-refractivity contribution in [3.63, 3.8) is 0 Å². The summed E-state index contributed by atoms with van der Waals surface area (Å²) in [5.41, 5.74) is -1.02. The lowest BCUT2D eigenvalue weighted by Gasteiger charge is -2.61. The number of thiocarbonyl (C=S) groups is 1. The van der Waals surface area contributed by atoms with Gasteiger partial charge in [0.25, 0.3) is 0 Å². The number of esters is 1. The molecule has 4 rings (SSSR count). The van der Waals surface area contributed by atoms with E-state index in [4.69, 9.17) is 17.0 Å². The van der Waals surface area contributed by atoms with Crippen molar-refractivity contribution < 1.29 is 9.53 Å². The second kappa shape index (κ2) is 8.02. The molecule has 0 amide bonds. The van der Waals surface area contributed by atoms with E-state index in [2.05, 4.69) is 19.9 Å². The van der Waals surface area contributed by atoms with Crippen molar-refractivity contribution >= 4 is 45.2 Å². The standard InChI is InChI=1S/C23H35NO2S3/c1-20(2,14-24)13-22(5,29-19(27)28-6)18(25)26-21(3,4)23-10-15-7-16(11-23)9-17(8-15)12-23/h15-17H,7-13H2,1-6H3. The number of hydrogen-bond donors (Lipinski definition) is 0. The van der Waals surface area contributed by atoms with Crippen LogP contribution in [0, 0.1) is 39.9 Å². The third kappa shape index (κ3) is 4.67. The van der Waals surface area contributed by atoms with E-state index in [1.807, 2.05) is 27.0 Å². The molecule has 6 heteroatoms. The van der Waals surface area contributed by atoms with Gasteiger partial charge < -0.3 is 4.74 Å². The van der Waals surface area contributed by atoms with E-state index in [0.29, 0.717) is 9.95 Å². The zero-order chi connectivity index (χ0) is 21.7. The third-order valence-corrected chi connectivity index (χ3v) is 10.4. The summed E-state index contributed by atoms with van der Waals surface area (Å²) < 4.78 is 6.24. The van der Waals surface area contributed by atoms with Gasteiger partial charge in [-0.2, -0.15) is 5.26 Å². The van der Waals surface area contributed by atoms with Gasteiger partial charge in [-0.1, -0.05) is 24.0 Å². The minimum absolute atomic E-state index is 0.105. The Hall–Kier alpha value is -0.250. The van der Waals surface area contributed by atoms with Crippen LogP contribution in [0.25, 0.3) is 0 Å². The van der Waals surface area contributed by atoms with Crippen LogP contribution in [0.2, 0.25) is 0 Å². The van der Waals surface area contributed by atoms with Crippen molar-refractivity contribution in [2.45, 2.75) is 89.9 Å². The summed E-state index contributed by atoms with van der Waals surface area (Å²) in [6.45, 7) is 9.92. The van der Waals surface area contributed by atoms with E-state index >= 15 is 0 Å². The fourth-order valence-electron chi connectivity index (χ4n) is 6.55. The Balaban J connectivity index is 1.83. The van der Waals surface area contributed by atoms with E-state index < -0.39 is 15.8 Å². The summed E-state index contributed by atoms with van der Waals surface area (Å²) >= 11 is 8.30. The van der Waals surface area contributed by atoms with Crippen LogP contribution in [-0.4, -0.2) is 26.1 Å². The highest BCUT2D eigenvalue weighted by atomic mass is 32.2. The molecule has 4 saturated carbocycles. The van der Waals surface area contributed by atoms with Crippen molar-refractivity contribution in [3.05, 3.63) is 0 Å². The molecule has 0 aliphatic heterocycles. The molecule has 0 N–H and O–H groups in total. The number of nitrogens with zero attached hydrogens (tertiary/aromatic N) is 1. The first-order valence-corrected chi connectivity index (χ1v) is 13.2. The minimum Gasteiger partial charge on any atom is -0.458 e. The molecule has 0 heterocycles. The fourth-order valence-corrected chi connectivity index (χ4v) is 8.92. The molecule has 0 saturated heterocycles. The van der Waals surface area contributed by atoms with Crippen LogP contribution in [-0.2, 0) is 9.53 Å². The van der Waals surface area contributed by atoms with Crippen LogP contribution >= 0.6 is 35.7 Å². The van der Waals surface area contributed by atoms with E-state index in [1.54, 1.807) is 0 Å². The maximum absolute atomic E-state index is 13.6. The Morgan fingerprint density at radius 3 is 2.00 bits per heavy atom. The van der Waals surface area contributed by atoms with E-state index in [-0.39, 0.29) is 11.4 Å². The molecule has 4 fully saturated rings. The van der Waals surface area contributed by atoms with Gasteiger partial charge in [0.1, 0.15) is 13.9 Å². The number of rotatable bonds is 6. The molecule has 0 aromatic heterocycles. The summed E-state index contributed by atoms with van der Waals surface area (Å²) in [5, 5.41) is 9.57. The van der Waals surface area contributed by atoms with Gasteiger partial charge in [0.15, 0.2) is 0 Å². The molecule has 29 heavy (non-hydrogen) atoms. The van der Waals surface area contributed by atoms with Gasteiger partial charge in [-0.15, -0.1) is 11.8 Å². The summed E-state index contributed by atoms with van der Waals surface area (Å²) in [5.74, 6) is 2.20. The van der Waals surface area contributed by atoms with Crippen LogP contribution in [0.3, 0.4) is 0 Å². The Bertz CT molecular complexity index is 689. The summed E-state index contributed by atoms with van der Waals surface area (Å²) in [7, 11) is 0. The predicted molar refractivity (Wildman–Crippen MR) is 127 cm³/mol. The lowest BCUT2D eigenvalue weighted by Crippen LogP contribution is -2.58. The Morgan fingerprint density at radius 2 is 1.59 bits per heavy atom. The van der Waals surface area contributed by atoms with Crippen molar-refractivity contribution in [1.29, 1.82) is 5.26 Å². The Morgan fingerprint density at radius 1 is 1.10 bits per heavy atom. The van der Waals surface area contributed by atoms with Crippen LogP contribution in [0.1, 0.15) is 79.6 Å². The molecule has 162 valence electrons. The molecule has 4 aliphatic carbocycles. The van der Waals surface area contributed by atoms with Crippen LogP contribution < -0.4 is 0 Å². The van der Waals surface area contributed by atoms with E-state index in [0.717, 1.165) is 17.8 Å². The van der Waals surface area contributed by atoms with E-state index in [1.165, 1.54) is 62.0 Å². The maximum Gasteiger partial charge on any atom is 0.322 e. The SMILES string of the molecule is CSC(=S)SC(C)(CC(C)(C)C#N)C(=O)OC(C)(C)C12CC3CC(CC(C3)C1)C2. The predicted octanol–water partition coefficient (Wildman–Crippen LogP) is 6.60. The van der Waals surface area contributed by atoms with Crippen molar-refractivity contribution in [2.24, 2.45) is 28.6 Å². The highest BCUT2D eigenvalue weighted by Gasteiger charge is 2.59. The van der Waals surface area contributed by atoms with Gasteiger partial charge >= 0.3 is 5.97 Å². The Labute approximate surface area is 190 Å². The molecule has 3 nitrogen and oxygen atoms in total. The number of carbonyl (C=O) groups is 1. The van der Waals surface area contributed by atoms with Crippen molar-refractivity contribution in [2.75, 3.05) is 6.26 Å². The second-order valence-corrected chi connectivity index (χ2v) is 14.6. The first-order valence-electron chi connectivity index (χ1n) is 10.8. The zero-order valence-electron chi connectivity index (χ0n) is 18.7. The molecule has 1 unspecified atom stereocenters. The molecule has 0 aromatic carbocycles. The highest BCUT2D eigenvalue weighted by molar-refractivity contribution is 8.47. The monoisotopic (exact) mass is 453 g/mol. The largest absolute Gasteiger partial charge is 0.458 e. The Kier molecular flexibility index (Phi) is 6.48. The number of carbonyl (C=O) groups excluding carboxylic acids is 1. The summed E-state index contributed by atoms with van der Waals surface area (Å²) in [6, 6.07) is 2.34. The summed E-state index contributed by atoms with van der Waals surface area (Å²) in [6.07, 6.45) is 10.0. The minimum atomic E-state index is -0.862. The molecule has 1 atom stereocenters. The molecule has 0 aromatic rings. The van der Waals surface area contributed by atoms with Crippen molar-refractivity contribution in [3.8, 4) is 6.07 Å². The van der Waals surface area contributed by atoms with E-state index in [9.17, 15) is 10.1 Å². The van der Waals surface area contributed by atoms with Gasteiger partial charge in [0, 0.05) is 5.41 Å². The number of hydrogen-bond acceptors (Lipinski definition) is 6. The first kappa shape index (κ1) is 23.4. The molecular weight excluding hydrogens is 418 g/mol. The molecule has 0 spiro atoms. The van der Waals surface area contributed by atoms with Crippen LogP contribution in [0.5, 0.6) is 0 Å². The maximum atomic E-state index is 13.6. The first-order chi connectivity index (χ1) is 13.3. The normalized spacial score (nSPS) is 33.1. The zero-order valence-corrected chi connectivity index (χ0v) is 21.1. The van der Waals surface area contributed by atoms with Crippen LogP contribution in [0.15, 0.2) is 0 Å². The fraction of sp³-hybridized carbons (Fsp3) is 0.870.